The highest BCUT2D eigenvalue weighted by atomic mass is 16.5. The van der Waals surface area contributed by atoms with Gasteiger partial charge in [0, 0.05) is 31.4 Å². The Morgan fingerprint density at radius 3 is 2.89 bits per heavy atom. The van der Waals surface area contributed by atoms with E-state index in [1.807, 2.05) is 32.2 Å². The van der Waals surface area contributed by atoms with Crippen LogP contribution in [0.4, 0.5) is 5.82 Å². The molecule has 5 nitrogen and oxygen atoms in total. The van der Waals surface area contributed by atoms with Gasteiger partial charge in [0.25, 0.3) is 0 Å². The van der Waals surface area contributed by atoms with Gasteiger partial charge in [0.15, 0.2) is 0 Å². The van der Waals surface area contributed by atoms with Crippen LogP contribution in [0.3, 0.4) is 0 Å². The Morgan fingerprint density at radius 2 is 2.17 bits per heavy atom. The monoisotopic (exact) mass is 244 g/mol. The fourth-order valence-electron chi connectivity index (χ4n) is 1.55. The van der Waals surface area contributed by atoms with Gasteiger partial charge >= 0.3 is 0 Å². The molecule has 2 heterocycles. The molecule has 0 radical (unpaired) electrons. The Morgan fingerprint density at radius 1 is 1.28 bits per heavy atom. The number of hydrogen-bond acceptors (Lipinski definition) is 5. The molecule has 18 heavy (non-hydrogen) atoms. The minimum atomic E-state index is 0.552. The standard InChI is InChI=1S/C13H16N4O/c1-10-16-12(14-2)9-13(17-10)18-8-6-11-5-3-4-7-15-11/h3-5,7,9H,6,8H2,1-2H3,(H,14,16,17). The molecule has 0 aliphatic carbocycles. The number of ether oxygens (including phenoxy) is 1. The molecule has 0 atom stereocenters. The van der Waals surface area contributed by atoms with Gasteiger partial charge in [-0.3, -0.25) is 4.98 Å². The Balaban J connectivity index is 1.92. The molecule has 0 aliphatic rings. The van der Waals surface area contributed by atoms with Crippen LogP contribution < -0.4 is 10.1 Å². The van der Waals surface area contributed by atoms with E-state index in [2.05, 4.69) is 20.3 Å². The van der Waals surface area contributed by atoms with Crippen molar-refractivity contribution in [3.8, 4) is 5.88 Å². The molecule has 5 heteroatoms. The number of aromatic nitrogens is 3. The molecule has 0 saturated carbocycles. The van der Waals surface area contributed by atoms with Gasteiger partial charge in [-0.05, 0) is 19.1 Å². The van der Waals surface area contributed by atoms with E-state index in [1.54, 1.807) is 12.3 Å². The first-order chi connectivity index (χ1) is 8.78. The Kier molecular flexibility index (Phi) is 4.06. The number of hydrogen-bond donors (Lipinski definition) is 1. The van der Waals surface area contributed by atoms with Crippen molar-refractivity contribution in [2.24, 2.45) is 0 Å². The first kappa shape index (κ1) is 12.3. The van der Waals surface area contributed by atoms with Gasteiger partial charge in [-0.1, -0.05) is 6.07 Å². The molecule has 94 valence electrons. The maximum atomic E-state index is 5.60. The van der Waals surface area contributed by atoms with Crippen molar-refractivity contribution in [1.82, 2.24) is 15.0 Å². The molecule has 2 rings (SSSR count). The number of rotatable bonds is 5. The van der Waals surface area contributed by atoms with Gasteiger partial charge in [-0.15, -0.1) is 0 Å². The Hall–Kier alpha value is -2.17. The lowest BCUT2D eigenvalue weighted by atomic mass is 10.3. The number of aryl methyl sites for hydroxylation is 1. The van der Waals surface area contributed by atoms with Crippen molar-refractivity contribution in [3.05, 3.63) is 42.0 Å². The quantitative estimate of drug-likeness (QED) is 0.869. The van der Waals surface area contributed by atoms with Gasteiger partial charge in [-0.2, -0.15) is 4.98 Å². The summed E-state index contributed by atoms with van der Waals surface area (Å²) in [5.41, 5.74) is 1.01. The highest BCUT2D eigenvalue weighted by Crippen LogP contribution is 2.12. The highest BCUT2D eigenvalue weighted by Gasteiger charge is 2.02. The van der Waals surface area contributed by atoms with E-state index in [0.717, 1.165) is 17.9 Å². The Bertz CT molecular complexity index is 502. The topological polar surface area (TPSA) is 59.9 Å². The van der Waals surface area contributed by atoms with Gasteiger partial charge in [0.05, 0.1) is 6.61 Å². The van der Waals surface area contributed by atoms with E-state index in [0.29, 0.717) is 18.3 Å². The third-order valence-corrected chi connectivity index (χ3v) is 2.40. The van der Waals surface area contributed by atoms with Crippen molar-refractivity contribution in [2.75, 3.05) is 19.0 Å². The maximum absolute atomic E-state index is 5.60. The van der Waals surface area contributed by atoms with Gasteiger partial charge < -0.3 is 10.1 Å². The number of anilines is 1. The largest absolute Gasteiger partial charge is 0.477 e. The lowest BCUT2D eigenvalue weighted by molar-refractivity contribution is 0.307. The number of pyridine rings is 1. The first-order valence-electron chi connectivity index (χ1n) is 5.84. The molecule has 0 aromatic carbocycles. The van der Waals surface area contributed by atoms with Crippen molar-refractivity contribution in [3.63, 3.8) is 0 Å². The average Bonchev–Trinajstić information content (AvgIpc) is 2.39. The van der Waals surface area contributed by atoms with E-state index in [-0.39, 0.29) is 0 Å². The van der Waals surface area contributed by atoms with Gasteiger partial charge in [0.2, 0.25) is 5.88 Å². The van der Waals surface area contributed by atoms with E-state index < -0.39 is 0 Å². The molecule has 2 aromatic heterocycles. The summed E-state index contributed by atoms with van der Waals surface area (Å²) in [6.07, 6.45) is 2.54. The van der Waals surface area contributed by atoms with Crippen LogP contribution >= 0.6 is 0 Å². The zero-order valence-corrected chi connectivity index (χ0v) is 10.6. The summed E-state index contributed by atoms with van der Waals surface area (Å²) in [4.78, 5) is 12.7. The van der Waals surface area contributed by atoms with Crippen LogP contribution in [0.2, 0.25) is 0 Å². The third kappa shape index (κ3) is 3.41. The van der Waals surface area contributed by atoms with Crippen molar-refractivity contribution < 1.29 is 4.74 Å². The zero-order chi connectivity index (χ0) is 12.8. The smallest absolute Gasteiger partial charge is 0.218 e. The SMILES string of the molecule is CNc1cc(OCCc2ccccn2)nc(C)n1. The van der Waals surface area contributed by atoms with Crippen molar-refractivity contribution >= 4 is 5.82 Å². The highest BCUT2D eigenvalue weighted by molar-refractivity contribution is 5.37. The molecule has 0 bridgehead atoms. The molecule has 0 saturated heterocycles. The van der Waals surface area contributed by atoms with Crippen molar-refractivity contribution in [2.45, 2.75) is 13.3 Å². The molecule has 0 aliphatic heterocycles. The second kappa shape index (κ2) is 5.95. The Labute approximate surface area is 106 Å². The summed E-state index contributed by atoms with van der Waals surface area (Å²) in [6, 6.07) is 7.63. The van der Waals surface area contributed by atoms with E-state index in [9.17, 15) is 0 Å². The van der Waals surface area contributed by atoms with Gasteiger partial charge in [0.1, 0.15) is 11.6 Å². The molecular formula is C13H16N4O. The third-order valence-electron chi connectivity index (χ3n) is 2.40. The molecular weight excluding hydrogens is 228 g/mol. The minimum absolute atomic E-state index is 0.552. The lowest BCUT2D eigenvalue weighted by Gasteiger charge is -2.07. The summed E-state index contributed by atoms with van der Waals surface area (Å²) < 4.78 is 5.60. The second-order valence-electron chi connectivity index (χ2n) is 3.81. The predicted molar refractivity (Wildman–Crippen MR) is 69.8 cm³/mol. The van der Waals surface area contributed by atoms with Crippen LogP contribution in [0.1, 0.15) is 11.5 Å². The maximum Gasteiger partial charge on any atom is 0.218 e. The van der Waals surface area contributed by atoms with E-state index >= 15 is 0 Å². The van der Waals surface area contributed by atoms with Crippen molar-refractivity contribution in [1.29, 1.82) is 0 Å². The fraction of sp³-hybridized carbons (Fsp3) is 0.308. The molecule has 0 amide bonds. The predicted octanol–water partition coefficient (Wildman–Crippen LogP) is 1.84. The summed E-state index contributed by atoms with van der Waals surface area (Å²) >= 11 is 0. The number of nitrogens with one attached hydrogen (secondary N) is 1. The van der Waals surface area contributed by atoms with Crippen LogP contribution in [0.25, 0.3) is 0 Å². The lowest BCUT2D eigenvalue weighted by Crippen LogP contribution is -2.06. The van der Waals surface area contributed by atoms with Crippen LogP contribution in [0.5, 0.6) is 5.88 Å². The fourth-order valence-corrected chi connectivity index (χ4v) is 1.55. The zero-order valence-electron chi connectivity index (χ0n) is 10.6. The van der Waals surface area contributed by atoms with Crippen LogP contribution in [-0.4, -0.2) is 28.6 Å². The normalized spacial score (nSPS) is 10.1. The summed E-state index contributed by atoms with van der Waals surface area (Å²) in [7, 11) is 1.82. The molecule has 0 unspecified atom stereocenters. The van der Waals surface area contributed by atoms with Crippen LogP contribution in [0.15, 0.2) is 30.5 Å². The van der Waals surface area contributed by atoms with E-state index in [4.69, 9.17) is 4.74 Å². The summed E-state index contributed by atoms with van der Waals surface area (Å²) in [6.45, 7) is 2.39. The number of nitrogens with zero attached hydrogens (tertiary/aromatic N) is 3. The average molecular weight is 244 g/mol. The molecule has 2 aromatic rings. The first-order valence-corrected chi connectivity index (χ1v) is 5.84. The molecule has 1 N–H and O–H groups in total. The van der Waals surface area contributed by atoms with Crippen LogP contribution in [0, 0.1) is 6.92 Å². The summed E-state index contributed by atoms with van der Waals surface area (Å²) in [5, 5.41) is 2.97. The van der Waals surface area contributed by atoms with Gasteiger partial charge in [-0.25, -0.2) is 4.98 Å². The molecule has 0 spiro atoms. The van der Waals surface area contributed by atoms with E-state index in [1.165, 1.54) is 0 Å². The summed E-state index contributed by atoms with van der Waals surface area (Å²) in [5.74, 6) is 2.04. The van der Waals surface area contributed by atoms with Crippen LogP contribution in [-0.2, 0) is 6.42 Å². The second-order valence-corrected chi connectivity index (χ2v) is 3.81. The molecule has 0 fully saturated rings. The minimum Gasteiger partial charge on any atom is -0.477 e.